The van der Waals surface area contributed by atoms with Gasteiger partial charge >= 0.3 is 11.9 Å². The van der Waals surface area contributed by atoms with Crippen LogP contribution in [0.5, 0.6) is 0 Å². The van der Waals surface area contributed by atoms with E-state index in [1.807, 2.05) is 13.8 Å². The summed E-state index contributed by atoms with van der Waals surface area (Å²) < 4.78 is 10.5. The van der Waals surface area contributed by atoms with Gasteiger partial charge in [0.25, 0.3) is 0 Å². The molecule has 1 fully saturated rings. The first kappa shape index (κ1) is 23.0. The van der Waals surface area contributed by atoms with E-state index in [0.29, 0.717) is 29.6 Å². The molecule has 8 nitrogen and oxygen atoms in total. The molecule has 0 radical (unpaired) electrons. The van der Waals surface area contributed by atoms with Crippen LogP contribution in [-0.2, 0) is 23.9 Å². The van der Waals surface area contributed by atoms with E-state index in [1.165, 1.54) is 18.2 Å². The number of aromatic nitrogens is 1. The average molecular weight is 469 g/mol. The maximum Gasteiger partial charge on any atom is 0.329 e. The molecule has 9 heteroatoms. The third-order valence-corrected chi connectivity index (χ3v) is 5.41. The van der Waals surface area contributed by atoms with Crippen molar-refractivity contribution in [3.63, 3.8) is 0 Å². The molecule has 0 saturated carbocycles. The summed E-state index contributed by atoms with van der Waals surface area (Å²) >= 11 is 3.19. The summed E-state index contributed by atoms with van der Waals surface area (Å²) in [4.78, 5) is 54.8. The summed E-state index contributed by atoms with van der Waals surface area (Å²) in [6.45, 7) is 3.68. The standard InChI is InChI=1S/C20H25BrN2O6/c1-12(2)14(9-18(25)28-3)19(26)23-8-4-5-15(23)20(27)29-11-16(24)13-6-7-17(21)22-10-13/h6-7,10,12,14-15H,4-5,8-9,11H2,1-3H3/t14-,15-/m0/s1. The fraction of sp³-hybridized carbons (Fsp3) is 0.550. The van der Waals surface area contributed by atoms with Crippen LogP contribution in [0.2, 0.25) is 0 Å². The number of methoxy groups -OCH3 is 1. The number of carbonyl (C=O) groups excluding carboxylic acids is 4. The zero-order valence-electron chi connectivity index (χ0n) is 16.7. The van der Waals surface area contributed by atoms with Gasteiger partial charge in [-0.1, -0.05) is 13.8 Å². The Morgan fingerprint density at radius 1 is 1.28 bits per heavy atom. The molecule has 0 spiro atoms. The molecule has 2 atom stereocenters. The average Bonchev–Trinajstić information content (AvgIpc) is 3.19. The highest BCUT2D eigenvalue weighted by Crippen LogP contribution is 2.26. The molecule has 1 saturated heterocycles. The van der Waals surface area contributed by atoms with Crippen LogP contribution in [0.15, 0.2) is 22.9 Å². The minimum absolute atomic E-state index is 0.0413. The van der Waals surface area contributed by atoms with Gasteiger partial charge < -0.3 is 14.4 Å². The van der Waals surface area contributed by atoms with Crippen LogP contribution in [-0.4, -0.2) is 59.8 Å². The molecule has 1 aliphatic rings. The monoisotopic (exact) mass is 468 g/mol. The fourth-order valence-corrected chi connectivity index (χ4v) is 3.45. The second kappa shape index (κ2) is 10.5. The van der Waals surface area contributed by atoms with Crippen LogP contribution in [0.1, 0.15) is 43.5 Å². The molecule has 29 heavy (non-hydrogen) atoms. The smallest absolute Gasteiger partial charge is 0.329 e. The molecular weight excluding hydrogens is 444 g/mol. The molecule has 0 bridgehead atoms. The van der Waals surface area contributed by atoms with E-state index in [0.717, 1.165) is 0 Å². The highest BCUT2D eigenvalue weighted by molar-refractivity contribution is 9.10. The third kappa shape index (κ3) is 6.09. The zero-order chi connectivity index (χ0) is 21.6. The molecule has 1 aliphatic heterocycles. The molecule has 0 unspecified atom stereocenters. The number of likely N-dealkylation sites (tertiary alicyclic amines) is 1. The largest absolute Gasteiger partial charge is 0.469 e. The van der Waals surface area contributed by atoms with E-state index < -0.39 is 30.5 Å². The van der Waals surface area contributed by atoms with Gasteiger partial charge in [0, 0.05) is 18.3 Å². The number of carbonyl (C=O) groups is 4. The Bertz CT molecular complexity index is 765. The molecular formula is C20H25BrN2O6. The lowest BCUT2D eigenvalue weighted by molar-refractivity contribution is -0.155. The number of nitrogens with zero attached hydrogens (tertiary/aromatic N) is 2. The van der Waals surface area contributed by atoms with Gasteiger partial charge in [0.05, 0.1) is 19.4 Å². The van der Waals surface area contributed by atoms with Crippen molar-refractivity contribution in [3.8, 4) is 0 Å². The number of ketones is 1. The number of esters is 2. The van der Waals surface area contributed by atoms with Crippen LogP contribution in [0.25, 0.3) is 0 Å². The van der Waals surface area contributed by atoms with Crippen LogP contribution in [0, 0.1) is 11.8 Å². The predicted octanol–water partition coefficient (Wildman–Crippen LogP) is 2.40. The maximum atomic E-state index is 13.0. The van der Waals surface area contributed by atoms with Crippen LogP contribution >= 0.6 is 15.9 Å². The molecule has 0 N–H and O–H groups in total. The Morgan fingerprint density at radius 3 is 2.59 bits per heavy atom. The van der Waals surface area contributed by atoms with E-state index in [1.54, 1.807) is 12.1 Å². The summed E-state index contributed by atoms with van der Waals surface area (Å²) in [5, 5.41) is 0. The quantitative estimate of drug-likeness (QED) is 0.327. The van der Waals surface area contributed by atoms with Crippen LogP contribution in [0.3, 0.4) is 0 Å². The molecule has 0 aliphatic carbocycles. The molecule has 1 aromatic rings. The maximum absolute atomic E-state index is 13.0. The first-order valence-corrected chi connectivity index (χ1v) is 10.2. The summed E-state index contributed by atoms with van der Waals surface area (Å²) in [5.41, 5.74) is 0.332. The van der Waals surface area contributed by atoms with E-state index in [4.69, 9.17) is 4.74 Å². The first-order chi connectivity index (χ1) is 13.7. The van der Waals surface area contributed by atoms with E-state index in [-0.39, 0.29) is 24.0 Å². The number of hydrogen-bond donors (Lipinski definition) is 0. The number of pyridine rings is 1. The summed E-state index contributed by atoms with van der Waals surface area (Å²) in [5.74, 6) is -2.40. The van der Waals surface area contributed by atoms with Gasteiger partial charge in [0.1, 0.15) is 10.6 Å². The Balaban J connectivity index is 2.00. The van der Waals surface area contributed by atoms with Crippen LogP contribution < -0.4 is 0 Å². The number of hydrogen-bond acceptors (Lipinski definition) is 7. The van der Waals surface area contributed by atoms with E-state index in [9.17, 15) is 19.2 Å². The first-order valence-electron chi connectivity index (χ1n) is 9.43. The molecule has 1 aromatic heterocycles. The number of rotatable bonds is 8. The Morgan fingerprint density at radius 2 is 2.00 bits per heavy atom. The lowest BCUT2D eigenvalue weighted by Crippen LogP contribution is -2.46. The van der Waals surface area contributed by atoms with Crippen LogP contribution in [0.4, 0.5) is 0 Å². The Hall–Kier alpha value is -2.29. The number of Topliss-reactive ketones (excluding diaryl/α,β-unsaturated/α-hetero) is 1. The highest BCUT2D eigenvalue weighted by Gasteiger charge is 2.39. The van der Waals surface area contributed by atoms with Gasteiger partial charge in [-0.05, 0) is 46.8 Å². The van der Waals surface area contributed by atoms with Gasteiger partial charge in [0.2, 0.25) is 11.7 Å². The molecule has 2 rings (SSSR count). The Labute approximate surface area is 178 Å². The fourth-order valence-electron chi connectivity index (χ4n) is 3.22. The van der Waals surface area contributed by atoms with Gasteiger partial charge in [-0.2, -0.15) is 0 Å². The number of amides is 1. The van der Waals surface area contributed by atoms with Crippen molar-refractivity contribution in [1.29, 1.82) is 0 Å². The second-order valence-corrected chi connectivity index (χ2v) is 8.03. The molecule has 158 valence electrons. The zero-order valence-corrected chi connectivity index (χ0v) is 18.3. The molecule has 2 heterocycles. The van der Waals surface area contributed by atoms with Crippen molar-refractivity contribution in [2.75, 3.05) is 20.3 Å². The predicted molar refractivity (Wildman–Crippen MR) is 107 cm³/mol. The lowest BCUT2D eigenvalue weighted by Gasteiger charge is -2.29. The number of ether oxygens (including phenoxy) is 2. The normalized spacial score (nSPS) is 17.1. The van der Waals surface area contributed by atoms with Gasteiger partial charge in [-0.3, -0.25) is 14.4 Å². The minimum Gasteiger partial charge on any atom is -0.469 e. The van der Waals surface area contributed by atoms with Crippen molar-refractivity contribution in [2.24, 2.45) is 11.8 Å². The minimum atomic E-state index is -0.753. The lowest BCUT2D eigenvalue weighted by atomic mass is 9.91. The highest BCUT2D eigenvalue weighted by atomic mass is 79.9. The number of halogens is 1. The molecule has 0 aromatic carbocycles. The van der Waals surface area contributed by atoms with Crippen molar-refractivity contribution in [3.05, 3.63) is 28.5 Å². The Kier molecular flexibility index (Phi) is 8.31. The van der Waals surface area contributed by atoms with Crippen molar-refractivity contribution < 1.29 is 28.7 Å². The summed E-state index contributed by atoms with van der Waals surface area (Å²) in [7, 11) is 1.28. The van der Waals surface area contributed by atoms with Gasteiger partial charge in [0.15, 0.2) is 6.61 Å². The van der Waals surface area contributed by atoms with Crippen molar-refractivity contribution in [1.82, 2.24) is 9.88 Å². The summed E-state index contributed by atoms with van der Waals surface area (Å²) in [6, 6.07) is 2.45. The van der Waals surface area contributed by atoms with Crippen molar-refractivity contribution >= 4 is 39.6 Å². The van der Waals surface area contributed by atoms with Crippen molar-refractivity contribution in [2.45, 2.75) is 39.2 Å². The van der Waals surface area contributed by atoms with E-state index in [2.05, 4.69) is 25.7 Å². The third-order valence-electron chi connectivity index (χ3n) is 4.94. The van der Waals surface area contributed by atoms with Gasteiger partial charge in [-0.15, -0.1) is 0 Å². The summed E-state index contributed by atoms with van der Waals surface area (Å²) in [6.07, 6.45) is 2.47. The van der Waals surface area contributed by atoms with Gasteiger partial charge in [-0.25, -0.2) is 9.78 Å². The topological polar surface area (TPSA) is 103 Å². The molecule has 1 amide bonds. The second-order valence-electron chi connectivity index (χ2n) is 7.22. The SMILES string of the molecule is COC(=O)C[C@H](C(=O)N1CCC[C@H]1C(=O)OCC(=O)c1ccc(Br)nc1)C(C)C. The van der Waals surface area contributed by atoms with E-state index >= 15 is 0 Å².